The molecule has 2 aromatic carbocycles. The number of benzene rings is 2. The van der Waals surface area contributed by atoms with Gasteiger partial charge in [-0.15, -0.1) is 0 Å². The molecule has 0 spiro atoms. The summed E-state index contributed by atoms with van der Waals surface area (Å²) in [6, 6.07) is 14.0. The number of hydrogen-bond donors (Lipinski definition) is 1. The van der Waals surface area contributed by atoms with E-state index in [0.29, 0.717) is 0 Å². The molecule has 150 valence electrons. The number of nitrogens with one attached hydrogen (secondary N) is 1. The van der Waals surface area contributed by atoms with E-state index >= 15 is 0 Å². The Morgan fingerprint density at radius 1 is 1.07 bits per heavy atom. The molecule has 3 aromatic rings. The molecule has 0 radical (unpaired) electrons. The van der Waals surface area contributed by atoms with Gasteiger partial charge in [0.2, 0.25) is 0 Å². The summed E-state index contributed by atoms with van der Waals surface area (Å²) in [6.07, 6.45) is 11.9. The van der Waals surface area contributed by atoms with Gasteiger partial charge in [-0.05, 0) is 79.5 Å². The number of aromatic amines is 1. The summed E-state index contributed by atoms with van der Waals surface area (Å²) in [6.45, 7) is 3.28. The van der Waals surface area contributed by atoms with Gasteiger partial charge in [0.05, 0.1) is 0 Å². The Balaban J connectivity index is 1.12. The maximum absolute atomic E-state index is 13.6. The third-order valence-electron chi connectivity index (χ3n) is 6.82. The molecule has 2 heterocycles. The lowest BCUT2D eigenvalue weighted by atomic mass is 9.95. The molecule has 0 saturated heterocycles. The van der Waals surface area contributed by atoms with Crippen LogP contribution in [0.25, 0.3) is 16.5 Å². The van der Waals surface area contributed by atoms with E-state index in [2.05, 4.69) is 40.2 Å². The molecule has 1 N–H and O–H groups in total. The molecule has 5 rings (SSSR count). The lowest BCUT2D eigenvalue weighted by molar-refractivity contribution is 0.292. The van der Waals surface area contributed by atoms with E-state index < -0.39 is 0 Å². The highest BCUT2D eigenvalue weighted by atomic mass is 19.1. The van der Waals surface area contributed by atoms with Crippen LogP contribution in [0, 0.1) is 5.82 Å². The Morgan fingerprint density at radius 3 is 2.90 bits per heavy atom. The van der Waals surface area contributed by atoms with Crippen molar-refractivity contribution in [2.75, 3.05) is 19.6 Å². The molecule has 1 unspecified atom stereocenters. The van der Waals surface area contributed by atoms with E-state index in [1.807, 2.05) is 12.3 Å². The first-order valence-corrected chi connectivity index (χ1v) is 11.0. The van der Waals surface area contributed by atoms with Crippen LogP contribution >= 0.6 is 0 Å². The average Bonchev–Trinajstić information content (AvgIpc) is 3.36. The van der Waals surface area contributed by atoms with Crippen LogP contribution in [-0.4, -0.2) is 29.5 Å². The summed E-state index contributed by atoms with van der Waals surface area (Å²) in [5.41, 5.74) is 6.70. The Hall–Kier alpha value is -2.39. The second-order valence-corrected chi connectivity index (χ2v) is 8.60. The van der Waals surface area contributed by atoms with Crippen molar-refractivity contribution in [1.82, 2.24) is 9.88 Å². The fraction of sp³-hybridized carbons (Fsp3) is 0.385. The minimum Gasteiger partial charge on any atom is -0.361 e. The van der Waals surface area contributed by atoms with Crippen molar-refractivity contribution in [3.05, 3.63) is 77.2 Å². The number of aromatic nitrogens is 1. The van der Waals surface area contributed by atoms with Crippen molar-refractivity contribution in [2.24, 2.45) is 0 Å². The van der Waals surface area contributed by atoms with Gasteiger partial charge >= 0.3 is 0 Å². The molecular weight excluding hydrogens is 359 g/mol. The van der Waals surface area contributed by atoms with Gasteiger partial charge in [0.15, 0.2) is 0 Å². The van der Waals surface area contributed by atoms with Gasteiger partial charge in [-0.2, -0.15) is 0 Å². The van der Waals surface area contributed by atoms with Crippen LogP contribution < -0.4 is 0 Å². The average molecular weight is 389 g/mol. The summed E-state index contributed by atoms with van der Waals surface area (Å²) in [5, 5.41) is 1.00. The maximum Gasteiger partial charge on any atom is 0.123 e. The summed E-state index contributed by atoms with van der Waals surface area (Å²) in [4.78, 5) is 5.84. The molecule has 1 aliphatic heterocycles. The van der Waals surface area contributed by atoms with Crippen LogP contribution in [0.5, 0.6) is 0 Å². The summed E-state index contributed by atoms with van der Waals surface area (Å²) in [7, 11) is 0. The maximum atomic E-state index is 13.6. The van der Waals surface area contributed by atoms with Gasteiger partial charge in [0.1, 0.15) is 5.82 Å². The third kappa shape index (κ3) is 3.89. The molecule has 1 atom stereocenters. The Labute approximate surface area is 172 Å². The minimum atomic E-state index is -0.165. The molecule has 0 bridgehead atoms. The summed E-state index contributed by atoms with van der Waals surface area (Å²) in [5.74, 6) is 0.614. The molecule has 1 aliphatic carbocycles. The van der Waals surface area contributed by atoms with E-state index in [4.69, 9.17) is 0 Å². The van der Waals surface area contributed by atoms with E-state index in [-0.39, 0.29) is 5.82 Å². The van der Waals surface area contributed by atoms with Crippen molar-refractivity contribution in [3.8, 4) is 0 Å². The Kier molecular flexibility index (Phi) is 5.24. The highest BCUT2D eigenvalue weighted by Crippen LogP contribution is 2.36. The number of unbranched alkanes of at least 4 members (excludes halogenated alkanes) is 1. The van der Waals surface area contributed by atoms with Crippen LogP contribution in [0.15, 0.2) is 54.7 Å². The van der Waals surface area contributed by atoms with Crippen molar-refractivity contribution in [1.29, 1.82) is 0 Å². The molecule has 0 fully saturated rings. The smallest absolute Gasteiger partial charge is 0.123 e. The zero-order valence-electron chi connectivity index (χ0n) is 17.0. The molecule has 2 nitrogen and oxygen atoms in total. The molecule has 0 saturated carbocycles. The normalized spacial score (nSPS) is 19.5. The van der Waals surface area contributed by atoms with Gasteiger partial charge in [0.25, 0.3) is 0 Å². The van der Waals surface area contributed by atoms with Crippen LogP contribution in [0.3, 0.4) is 0 Å². The molecule has 1 aromatic heterocycles. The SMILES string of the molecule is Fc1ccc2[nH]cc(C3=CCN(CCCCC4CCc5ccccc54)CC3)c2c1. The highest BCUT2D eigenvalue weighted by Gasteiger charge is 2.21. The molecule has 29 heavy (non-hydrogen) atoms. The number of aryl methyl sites for hydroxylation is 1. The quantitative estimate of drug-likeness (QED) is 0.491. The number of nitrogens with zero attached hydrogens (tertiary/aromatic N) is 1. The highest BCUT2D eigenvalue weighted by molar-refractivity contribution is 5.92. The van der Waals surface area contributed by atoms with Crippen molar-refractivity contribution in [2.45, 2.75) is 44.4 Å². The fourth-order valence-corrected chi connectivity index (χ4v) is 5.19. The monoisotopic (exact) mass is 388 g/mol. The second kappa shape index (κ2) is 8.16. The third-order valence-corrected chi connectivity index (χ3v) is 6.82. The largest absolute Gasteiger partial charge is 0.361 e. The minimum absolute atomic E-state index is 0.165. The number of halogens is 1. The molecule has 3 heteroatoms. The molecule has 2 aliphatic rings. The van der Waals surface area contributed by atoms with Crippen LogP contribution in [0.4, 0.5) is 4.39 Å². The zero-order valence-corrected chi connectivity index (χ0v) is 17.0. The first kappa shape index (κ1) is 18.6. The molecule has 0 amide bonds. The van der Waals surface area contributed by atoms with Gasteiger partial charge in [0, 0.05) is 35.8 Å². The Morgan fingerprint density at radius 2 is 2.00 bits per heavy atom. The number of rotatable bonds is 6. The molecular formula is C26H29FN2. The van der Waals surface area contributed by atoms with Gasteiger partial charge in [-0.1, -0.05) is 36.8 Å². The van der Waals surface area contributed by atoms with Crippen molar-refractivity contribution in [3.63, 3.8) is 0 Å². The van der Waals surface area contributed by atoms with Gasteiger partial charge in [-0.3, -0.25) is 4.90 Å². The van der Waals surface area contributed by atoms with Gasteiger partial charge < -0.3 is 4.98 Å². The van der Waals surface area contributed by atoms with E-state index in [1.165, 1.54) is 55.9 Å². The van der Waals surface area contributed by atoms with Crippen LogP contribution in [0.2, 0.25) is 0 Å². The van der Waals surface area contributed by atoms with E-state index in [0.717, 1.165) is 36.3 Å². The van der Waals surface area contributed by atoms with E-state index in [9.17, 15) is 4.39 Å². The topological polar surface area (TPSA) is 19.0 Å². The standard InChI is InChI=1S/C26H29FN2/c27-22-10-11-26-24(17-22)25(18-28-26)21-12-15-29(16-13-21)14-4-3-6-20-9-8-19-5-1-2-7-23(19)20/h1-2,5,7,10-12,17-18,20,28H,3-4,6,8-9,13-16H2. The first-order valence-electron chi connectivity index (χ1n) is 11.0. The van der Waals surface area contributed by atoms with Crippen molar-refractivity contribution < 1.29 is 4.39 Å². The lowest BCUT2D eigenvalue weighted by Crippen LogP contribution is -2.29. The number of H-pyrrole nitrogens is 1. The lowest BCUT2D eigenvalue weighted by Gasteiger charge is -2.26. The van der Waals surface area contributed by atoms with E-state index in [1.54, 1.807) is 17.2 Å². The first-order chi connectivity index (χ1) is 14.3. The van der Waals surface area contributed by atoms with Crippen LogP contribution in [0.1, 0.15) is 54.7 Å². The summed E-state index contributed by atoms with van der Waals surface area (Å²) < 4.78 is 13.6. The predicted octanol–water partition coefficient (Wildman–Crippen LogP) is 6.30. The van der Waals surface area contributed by atoms with Crippen molar-refractivity contribution >= 4 is 16.5 Å². The number of hydrogen-bond acceptors (Lipinski definition) is 1. The number of fused-ring (bicyclic) bond motifs is 2. The summed E-state index contributed by atoms with van der Waals surface area (Å²) >= 11 is 0. The predicted molar refractivity (Wildman–Crippen MR) is 119 cm³/mol. The Bertz CT molecular complexity index is 1030. The second-order valence-electron chi connectivity index (χ2n) is 8.60. The van der Waals surface area contributed by atoms with Crippen LogP contribution in [-0.2, 0) is 6.42 Å². The fourth-order valence-electron chi connectivity index (χ4n) is 5.19. The van der Waals surface area contributed by atoms with Gasteiger partial charge in [-0.25, -0.2) is 4.39 Å². The zero-order chi connectivity index (χ0) is 19.6.